The number of benzene rings is 2. The molecule has 0 saturated heterocycles. The van der Waals surface area contributed by atoms with Crippen LogP contribution in [-0.2, 0) is 6.54 Å². The van der Waals surface area contributed by atoms with Crippen LogP contribution in [0.4, 0.5) is 0 Å². The SMILES string of the molecule is CC(C)c1ccc(CN[C@@H](C)c2ccccc2Cl)cc1. The van der Waals surface area contributed by atoms with Gasteiger partial charge in [-0.25, -0.2) is 0 Å². The van der Waals surface area contributed by atoms with Gasteiger partial charge in [0.1, 0.15) is 0 Å². The highest BCUT2D eigenvalue weighted by Gasteiger charge is 2.08. The summed E-state index contributed by atoms with van der Waals surface area (Å²) in [7, 11) is 0. The number of rotatable bonds is 5. The molecule has 0 aliphatic carbocycles. The Morgan fingerprint density at radius 1 is 0.950 bits per heavy atom. The number of hydrogen-bond donors (Lipinski definition) is 1. The second-order valence-corrected chi connectivity index (χ2v) is 5.93. The predicted octanol–water partition coefficient (Wildman–Crippen LogP) is 5.31. The maximum atomic E-state index is 6.22. The van der Waals surface area contributed by atoms with Gasteiger partial charge in [0.25, 0.3) is 0 Å². The zero-order valence-electron chi connectivity index (χ0n) is 12.4. The number of nitrogens with one attached hydrogen (secondary N) is 1. The van der Waals surface area contributed by atoms with Crippen molar-refractivity contribution in [3.8, 4) is 0 Å². The molecule has 1 nitrogen and oxygen atoms in total. The van der Waals surface area contributed by atoms with E-state index in [4.69, 9.17) is 11.6 Å². The predicted molar refractivity (Wildman–Crippen MR) is 87.2 cm³/mol. The molecule has 0 heterocycles. The second kappa shape index (κ2) is 6.92. The van der Waals surface area contributed by atoms with Gasteiger partial charge in [-0.1, -0.05) is 67.9 Å². The molecule has 2 aromatic rings. The van der Waals surface area contributed by atoms with Crippen LogP contribution in [0.1, 0.15) is 49.4 Å². The van der Waals surface area contributed by atoms with E-state index in [1.54, 1.807) is 0 Å². The van der Waals surface area contributed by atoms with Crippen LogP contribution in [0, 0.1) is 0 Å². The van der Waals surface area contributed by atoms with Gasteiger partial charge in [-0.05, 0) is 35.6 Å². The molecule has 0 radical (unpaired) electrons. The third kappa shape index (κ3) is 3.84. The Morgan fingerprint density at radius 2 is 1.60 bits per heavy atom. The summed E-state index contributed by atoms with van der Waals surface area (Å²) in [5.41, 5.74) is 3.83. The van der Waals surface area contributed by atoms with E-state index >= 15 is 0 Å². The number of hydrogen-bond acceptors (Lipinski definition) is 1. The Balaban J connectivity index is 1.96. The molecule has 0 bridgehead atoms. The van der Waals surface area contributed by atoms with Crippen LogP contribution < -0.4 is 5.32 Å². The molecule has 1 atom stereocenters. The Hall–Kier alpha value is -1.31. The van der Waals surface area contributed by atoms with Crippen molar-refractivity contribution in [3.05, 3.63) is 70.2 Å². The summed E-state index contributed by atoms with van der Waals surface area (Å²) in [4.78, 5) is 0. The molecule has 0 aliphatic heterocycles. The van der Waals surface area contributed by atoms with Crippen molar-refractivity contribution in [2.24, 2.45) is 0 Å². The van der Waals surface area contributed by atoms with Crippen LogP contribution in [0.15, 0.2) is 48.5 Å². The maximum Gasteiger partial charge on any atom is 0.0453 e. The van der Waals surface area contributed by atoms with Crippen molar-refractivity contribution >= 4 is 11.6 Å². The van der Waals surface area contributed by atoms with Crippen molar-refractivity contribution in [1.82, 2.24) is 5.32 Å². The molecule has 0 unspecified atom stereocenters. The minimum Gasteiger partial charge on any atom is -0.306 e. The Labute approximate surface area is 127 Å². The van der Waals surface area contributed by atoms with E-state index in [0.717, 1.165) is 17.1 Å². The van der Waals surface area contributed by atoms with Crippen molar-refractivity contribution in [1.29, 1.82) is 0 Å². The van der Waals surface area contributed by atoms with Crippen molar-refractivity contribution in [3.63, 3.8) is 0 Å². The molecule has 0 fully saturated rings. The first-order chi connectivity index (χ1) is 9.58. The van der Waals surface area contributed by atoms with Crippen molar-refractivity contribution < 1.29 is 0 Å². The summed E-state index contributed by atoms with van der Waals surface area (Å²) in [6.07, 6.45) is 0. The quantitative estimate of drug-likeness (QED) is 0.785. The molecule has 0 amide bonds. The van der Waals surface area contributed by atoms with Gasteiger partial charge in [-0.2, -0.15) is 0 Å². The molecule has 2 heteroatoms. The first-order valence-electron chi connectivity index (χ1n) is 7.14. The normalized spacial score (nSPS) is 12.7. The first kappa shape index (κ1) is 15.1. The lowest BCUT2D eigenvalue weighted by atomic mass is 10.0. The fourth-order valence-electron chi connectivity index (χ4n) is 2.23. The fraction of sp³-hybridized carbons (Fsp3) is 0.333. The van der Waals surface area contributed by atoms with E-state index < -0.39 is 0 Å². The van der Waals surface area contributed by atoms with Gasteiger partial charge >= 0.3 is 0 Å². The van der Waals surface area contributed by atoms with E-state index in [2.05, 4.69) is 56.4 Å². The smallest absolute Gasteiger partial charge is 0.0453 e. The van der Waals surface area contributed by atoms with Crippen LogP contribution >= 0.6 is 11.6 Å². The molecule has 0 saturated carbocycles. The van der Waals surface area contributed by atoms with Crippen molar-refractivity contribution in [2.45, 2.75) is 39.3 Å². The average Bonchev–Trinajstić information content (AvgIpc) is 2.45. The summed E-state index contributed by atoms with van der Waals surface area (Å²) in [6.45, 7) is 7.42. The molecule has 20 heavy (non-hydrogen) atoms. The summed E-state index contributed by atoms with van der Waals surface area (Å²) >= 11 is 6.22. The highest BCUT2D eigenvalue weighted by atomic mass is 35.5. The molecule has 2 rings (SSSR count). The molecule has 0 aliphatic rings. The molecular formula is C18H22ClN. The van der Waals surface area contributed by atoms with Gasteiger partial charge in [0, 0.05) is 17.6 Å². The minimum absolute atomic E-state index is 0.244. The van der Waals surface area contributed by atoms with E-state index in [0.29, 0.717) is 5.92 Å². The maximum absolute atomic E-state index is 6.22. The fourth-order valence-corrected chi connectivity index (χ4v) is 2.53. The molecule has 0 spiro atoms. The van der Waals surface area contributed by atoms with Crippen LogP contribution in [0.5, 0.6) is 0 Å². The lowest BCUT2D eigenvalue weighted by molar-refractivity contribution is 0.575. The third-order valence-electron chi connectivity index (χ3n) is 3.63. The standard InChI is InChI=1S/C18H22ClN/c1-13(2)16-10-8-15(9-11-16)12-20-14(3)17-6-4-5-7-18(17)19/h4-11,13-14,20H,12H2,1-3H3/t14-/m0/s1. The third-order valence-corrected chi connectivity index (χ3v) is 3.97. The van der Waals surface area contributed by atoms with Crippen LogP contribution in [0.25, 0.3) is 0 Å². The Bertz CT molecular complexity index is 546. The van der Waals surface area contributed by atoms with Crippen LogP contribution in [-0.4, -0.2) is 0 Å². The Kier molecular flexibility index (Phi) is 5.22. The Morgan fingerprint density at radius 3 is 2.20 bits per heavy atom. The molecular weight excluding hydrogens is 266 g/mol. The summed E-state index contributed by atoms with van der Waals surface area (Å²) in [5.74, 6) is 0.582. The highest BCUT2D eigenvalue weighted by Crippen LogP contribution is 2.22. The van der Waals surface area contributed by atoms with Gasteiger partial charge < -0.3 is 5.32 Å². The zero-order chi connectivity index (χ0) is 14.5. The first-order valence-corrected chi connectivity index (χ1v) is 7.52. The monoisotopic (exact) mass is 287 g/mol. The summed E-state index contributed by atoms with van der Waals surface area (Å²) in [5, 5.41) is 4.34. The van der Waals surface area contributed by atoms with Gasteiger partial charge in [0.2, 0.25) is 0 Å². The average molecular weight is 288 g/mol. The molecule has 106 valence electrons. The van der Waals surface area contributed by atoms with Gasteiger partial charge in [0.15, 0.2) is 0 Å². The molecule has 2 aromatic carbocycles. The number of halogens is 1. The highest BCUT2D eigenvalue weighted by molar-refractivity contribution is 6.31. The summed E-state index contributed by atoms with van der Waals surface area (Å²) < 4.78 is 0. The topological polar surface area (TPSA) is 12.0 Å². The van der Waals surface area contributed by atoms with Crippen LogP contribution in [0.2, 0.25) is 5.02 Å². The van der Waals surface area contributed by atoms with E-state index in [9.17, 15) is 0 Å². The molecule has 0 aromatic heterocycles. The zero-order valence-corrected chi connectivity index (χ0v) is 13.1. The largest absolute Gasteiger partial charge is 0.306 e. The van der Waals surface area contributed by atoms with Gasteiger partial charge in [-0.3, -0.25) is 0 Å². The van der Waals surface area contributed by atoms with E-state index in [1.807, 2.05) is 18.2 Å². The minimum atomic E-state index is 0.244. The van der Waals surface area contributed by atoms with Gasteiger partial charge in [-0.15, -0.1) is 0 Å². The lowest BCUT2D eigenvalue weighted by Gasteiger charge is -2.16. The van der Waals surface area contributed by atoms with Crippen LogP contribution in [0.3, 0.4) is 0 Å². The van der Waals surface area contributed by atoms with Gasteiger partial charge in [0.05, 0.1) is 0 Å². The summed E-state index contributed by atoms with van der Waals surface area (Å²) in [6, 6.07) is 17.1. The van der Waals surface area contributed by atoms with Crippen molar-refractivity contribution in [2.75, 3.05) is 0 Å². The lowest BCUT2D eigenvalue weighted by Crippen LogP contribution is -2.18. The van der Waals surface area contributed by atoms with E-state index in [1.165, 1.54) is 11.1 Å². The second-order valence-electron chi connectivity index (χ2n) is 5.52. The molecule has 1 N–H and O–H groups in total. The van der Waals surface area contributed by atoms with E-state index in [-0.39, 0.29) is 6.04 Å².